The molecule has 1 N–H and O–H groups in total. The summed E-state index contributed by atoms with van der Waals surface area (Å²) >= 11 is 0. The van der Waals surface area contributed by atoms with E-state index in [4.69, 9.17) is 0 Å². The number of likely N-dealkylation sites (N-methyl/N-ethyl adjacent to an activating group) is 1. The quantitative estimate of drug-likeness (QED) is 0.902. The smallest absolute Gasteiger partial charge is 0.224 e. The fraction of sp³-hybridized carbons (Fsp3) is 0.500. The van der Waals surface area contributed by atoms with Gasteiger partial charge in [0.05, 0.1) is 0 Å². The second-order valence-electron chi connectivity index (χ2n) is 6.72. The van der Waals surface area contributed by atoms with Gasteiger partial charge in [0.2, 0.25) is 17.7 Å². The SMILES string of the molecule is CN1C[C@@H]2CC[C@H](CC1=O)N2C(=O)CCC(=O)Nc1cccc(F)c1. The van der Waals surface area contributed by atoms with Crippen LogP contribution >= 0.6 is 0 Å². The lowest BCUT2D eigenvalue weighted by Gasteiger charge is -2.28. The highest BCUT2D eigenvalue weighted by molar-refractivity contribution is 5.93. The van der Waals surface area contributed by atoms with Gasteiger partial charge < -0.3 is 15.1 Å². The molecule has 2 bridgehead atoms. The predicted molar refractivity (Wildman–Crippen MR) is 90.2 cm³/mol. The lowest BCUT2D eigenvalue weighted by Crippen LogP contribution is -2.42. The number of anilines is 1. The second kappa shape index (κ2) is 7.21. The van der Waals surface area contributed by atoms with Gasteiger partial charge in [-0.2, -0.15) is 0 Å². The fourth-order valence-corrected chi connectivity index (χ4v) is 3.66. The van der Waals surface area contributed by atoms with Crippen LogP contribution in [-0.4, -0.2) is 53.2 Å². The molecule has 25 heavy (non-hydrogen) atoms. The zero-order valence-electron chi connectivity index (χ0n) is 14.2. The maximum Gasteiger partial charge on any atom is 0.224 e. The Bertz CT molecular complexity index is 694. The molecule has 0 unspecified atom stereocenters. The molecule has 2 heterocycles. The van der Waals surface area contributed by atoms with E-state index in [-0.39, 0.29) is 42.6 Å². The number of carbonyl (C=O) groups is 3. The molecule has 1 aromatic carbocycles. The maximum atomic E-state index is 13.1. The van der Waals surface area contributed by atoms with Crippen molar-refractivity contribution < 1.29 is 18.8 Å². The molecule has 6 nitrogen and oxygen atoms in total. The van der Waals surface area contributed by atoms with E-state index in [9.17, 15) is 18.8 Å². The van der Waals surface area contributed by atoms with Crippen molar-refractivity contribution in [2.24, 2.45) is 0 Å². The van der Waals surface area contributed by atoms with Crippen LogP contribution in [0.5, 0.6) is 0 Å². The zero-order valence-corrected chi connectivity index (χ0v) is 14.2. The summed E-state index contributed by atoms with van der Waals surface area (Å²) in [6.45, 7) is 0.552. The second-order valence-corrected chi connectivity index (χ2v) is 6.72. The molecule has 2 fully saturated rings. The number of fused-ring (bicyclic) bond motifs is 2. The molecule has 0 aromatic heterocycles. The van der Waals surface area contributed by atoms with E-state index in [2.05, 4.69) is 5.32 Å². The number of rotatable bonds is 4. The Morgan fingerprint density at radius 1 is 1.24 bits per heavy atom. The largest absolute Gasteiger partial charge is 0.344 e. The van der Waals surface area contributed by atoms with Crippen LogP contribution in [0.4, 0.5) is 10.1 Å². The van der Waals surface area contributed by atoms with Crippen molar-refractivity contribution in [1.82, 2.24) is 9.80 Å². The molecular formula is C18H22FN3O3. The summed E-state index contributed by atoms with van der Waals surface area (Å²) in [5.74, 6) is -0.781. The van der Waals surface area contributed by atoms with Gasteiger partial charge in [0.1, 0.15) is 5.82 Å². The highest BCUT2D eigenvalue weighted by atomic mass is 19.1. The van der Waals surface area contributed by atoms with Crippen LogP contribution in [0.3, 0.4) is 0 Å². The van der Waals surface area contributed by atoms with E-state index in [0.717, 1.165) is 12.8 Å². The van der Waals surface area contributed by atoms with Crippen molar-refractivity contribution in [3.05, 3.63) is 30.1 Å². The average Bonchev–Trinajstić information content (AvgIpc) is 2.89. The van der Waals surface area contributed by atoms with Gasteiger partial charge in [0.25, 0.3) is 0 Å². The third kappa shape index (κ3) is 3.97. The van der Waals surface area contributed by atoms with Crippen molar-refractivity contribution in [3.63, 3.8) is 0 Å². The van der Waals surface area contributed by atoms with Gasteiger partial charge in [-0.1, -0.05) is 6.07 Å². The molecule has 0 radical (unpaired) electrons. The first kappa shape index (κ1) is 17.4. The summed E-state index contributed by atoms with van der Waals surface area (Å²) in [5.41, 5.74) is 0.375. The van der Waals surface area contributed by atoms with Crippen LogP contribution in [0.2, 0.25) is 0 Å². The molecule has 7 heteroatoms. The van der Waals surface area contributed by atoms with Gasteiger partial charge in [-0.05, 0) is 31.0 Å². The Morgan fingerprint density at radius 2 is 2.00 bits per heavy atom. The minimum atomic E-state index is -0.427. The number of hydrogen-bond acceptors (Lipinski definition) is 3. The molecule has 3 amide bonds. The van der Waals surface area contributed by atoms with Crippen molar-refractivity contribution in [2.75, 3.05) is 18.9 Å². The van der Waals surface area contributed by atoms with Crippen LogP contribution in [0.1, 0.15) is 32.1 Å². The van der Waals surface area contributed by atoms with E-state index in [1.54, 1.807) is 22.9 Å². The Morgan fingerprint density at radius 3 is 2.76 bits per heavy atom. The molecule has 0 aliphatic carbocycles. The summed E-state index contributed by atoms with van der Waals surface area (Å²) < 4.78 is 13.1. The van der Waals surface area contributed by atoms with E-state index in [1.165, 1.54) is 18.2 Å². The van der Waals surface area contributed by atoms with Gasteiger partial charge in [-0.25, -0.2) is 4.39 Å². The molecule has 2 aliphatic rings. The molecule has 0 saturated carbocycles. The first-order valence-corrected chi connectivity index (χ1v) is 8.54. The number of benzene rings is 1. The summed E-state index contributed by atoms with van der Waals surface area (Å²) in [7, 11) is 1.76. The number of likely N-dealkylation sites (tertiary alicyclic amines) is 1. The third-order valence-corrected chi connectivity index (χ3v) is 4.90. The summed E-state index contributed by atoms with van der Waals surface area (Å²) in [4.78, 5) is 40.0. The Balaban J connectivity index is 1.55. The average molecular weight is 347 g/mol. The maximum absolute atomic E-state index is 13.1. The lowest BCUT2D eigenvalue weighted by molar-refractivity contribution is -0.135. The highest BCUT2D eigenvalue weighted by Crippen LogP contribution is 2.31. The molecule has 134 valence electrons. The monoisotopic (exact) mass is 347 g/mol. The highest BCUT2D eigenvalue weighted by Gasteiger charge is 2.41. The summed E-state index contributed by atoms with van der Waals surface area (Å²) in [5, 5.41) is 2.59. The zero-order chi connectivity index (χ0) is 18.0. The number of hydrogen-bond donors (Lipinski definition) is 1. The molecule has 0 spiro atoms. The standard InChI is InChI=1S/C18H22FN3O3/c1-21-11-15-6-5-14(10-18(21)25)22(15)17(24)8-7-16(23)20-13-4-2-3-12(19)9-13/h2-4,9,14-15H,5-8,10-11H2,1H3,(H,20,23)/t14-,15+/m1/s1. The Kier molecular flexibility index (Phi) is 5.01. The minimum absolute atomic E-state index is 0.0368. The number of nitrogens with one attached hydrogen (secondary N) is 1. The van der Waals surface area contributed by atoms with Crippen molar-refractivity contribution in [2.45, 2.75) is 44.2 Å². The van der Waals surface area contributed by atoms with Crippen LogP contribution < -0.4 is 5.32 Å². The lowest BCUT2D eigenvalue weighted by atomic mass is 10.1. The van der Waals surface area contributed by atoms with E-state index >= 15 is 0 Å². The van der Waals surface area contributed by atoms with Crippen molar-refractivity contribution in [1.29, 1.82) is 0 Å². The van der Waals surface area contributed by atoms with Gasteiger partial charge in [0, 0.05) is 50.6 Å². The number of halogens is 1. The van der Waals surface area contributed by atoms with Crippen LogP contribution in [0, 0.1) is 5.82 Å². The van der Waals surface area contributed by atoms with E-state index < -0.39 is 5.82 Å². The van der Waals surface area contributed by atoms with Crippen LogP contribution in [0.25, 0.3) is 0 Å². The summed E-state index contributed by atoms with van der Waals surface area (Å²) in [6, 6.07) is 5.63. The third-order valence-electron chi connectivity index (χ3n) is 4.90. The topological polar surface area (TPSA) is 69.7 Å². The minimum Gasteiger partial charge on any atom is -0.344 e. The predicted octanol–water partition coefficient (Wildman–Crippen LogP) is 1.77. The van der Waals surface area contributed by atoms with E-state index in [0.29, 0.717) is 18.7 Å². The van der Waals surface area contributed by atoms with Crippen LogP contribution in [0.15, 0.2) is 24.3 Å². The Labute approximate surface area is 146 Å². The molecule has 1 aromatic rings. The number of amides is 3. The molecule has 2 saturated heterocycles. The summed E-state index contributed by atoms with van der Waals surface area (Å²) in [6.07, 6.45) is 2.21. The molecule has 2 atom stereocenters. The fourth-order valence-electron chi connectivity index (χ4n) is 3.66. The first-order valence-electron chi connectivity index (χ1n) is 8.54. The normalized spacial score (nSPS) is 22.7. The van der Waals surface area contributed by atoms with E-state index in [1.807, 2.05) is 0 Å². The van der Waals surface area contributed by atoms with Gasteiger partial charge in [-0.3, -0.25) is 14.4 Å². The molecule has 2 aliphatic heterocycles. The van der Waals surface area contributed by atoms with Crippen molar-refractivity contribution >= 4 is 23.4 Å². The number of carbonyl (C=O) groups excluding carboxylic acids is 3. The van der Waals surface area contributed by atoms with Crippen LogP contribution in [-0.2, 0) is 14.4 Å². The Hall–Kier alpha value is -2.44. The molecular weight excluding hydrogens is 325 g/mol. The number of nitrogens with zero attached hydrogens (tertiary/aromatic N) is 2. The first-order chi connectivity index (χ1) is 11.9. The van der Waals surface area contributed by atoms with Gasteiger partial charge in [-0.15, -0.1) is 0 Å². The molecule has 3 rings (SSSR count). The van der Waals surface area contributed by atoms with Crippen molar-refractivity contribution in [3.8, 4) is 0 Å². The van der Waals surface area contributed by atoms with Gasteiger partial charge >= 0.3 is 0 Å². The van der Waals surface area contributed by atoms with Gasteiger partial charge in [0.15, 0.2) is 0 Å².